The number of hydrogen-bond acceptors (Lipinski definition) is 3. The van der Waals surface area contributed by atoms with Crippen LogP contribution < -0.4 is 5.32 Å². The van der Waals surface area contributed by atoms with Gasteiger partial charge in [0.05, 0.1) is 11.8 Å². The van der Waals surface area contributed by atoms with Gasteiger partial charge in [-0.15, -0.1) is 0 Å². The van der Waals surface area contributed by atoms with E-state index in [2.05, 4.69) is 37.4 Å². The van der Waals surface area contributed by atoms with Crippen LogP contribution in [0.25, 0.3) is 0 Å². The van der Waals surface area contributed by atoms with Gasteiger partial charge in [0.25, 0.3) is 0 Å². The largest absolute Gasteiger partial charge is 0.349 e. The second-order valence-electron chi connectivity index (χ2n) is 7.06. The number of aryl methyl sites for hydroxylation is 1. The lowest BCUT2D eigenvalue weighted by Crippen LogP contribution is -2.37. The van der Waals surface area contributed by atoms with Crippen LogP contribution in [0.3, 0.4) is 0 Å². The minimum Gasteiger partial charge on any atom is -0.349 e. The van der Waals surface area contributed by atoms with Crippen LogP contribution in [0.2, 0.25) is 0 Å². The molecule has 0 radical (unpaired) electrons. The van der Waals surface area contributed by atoms with Crippen LogP contribution in [-0.4, -0.2) is 26.3 Å². The highest BCUT2D eigenvalue weighted by atomic mass is 32.2. The van der Waals surface area contributed by atoms with Crippen molar-refractivity contribution in [3.63, 3.8) is 0 Å². The van der Waals surface area contributed by atoms with E-state index < -0.39 is 15.8 Å². The molecule has 1 aliphatic rings. The maximum Gasteiger partial charge on any atom is 0.224 e. The van der Waals surface area contributed by atoms with Crippen molar-refractivity contribution in [1.29, 1.82) is 0 Å². The van der Waals surface area contributed by atoms with Crippen molar-refractivity contribution in [2.24, 2.45) is 5.92 Å². The average Bonchev–Trinajstić information content (AvgIpc) is 2.45. The molecule has 1 unspecified atom stereocenters. The monoisotopic (exact) mass is 337 g/mol. The van der Waals surface area contributed by atoms with Crippen molar-refractivity contribution >= 4 is 15.7 Å². The minimum atomic E-state index is -3.15. The van der Waals surface area contributed by atoms with Crippen LogP contribution in [0.4, 0.5) is 0 Å². The number of amides is 1. The fraction of sp³-hybridized carbons (Fsp3) is 0.611. The van der Waals surface area contributed by atoms with Crippen molar-refractivity contribution in [3.8, 4) is 0 Å². The Hall–Kier alpha value is -1.36. The molecule has 128 valence electrons. The maximum atomic E-state index is 12.3. The van der Waals surface area contributed by atoms with Gasteiger partial charge in [0, 0.05) is 12.2 Å². The van der Waals surface area contributed by atoms with Crippen molar-refractivity contribution in [2.75, 3.05) is 12.0 Å². The van der Waals surface area contributed by atoms with Crippen LogP contribution in [0.5, 0.6) is 0 Å². The molecule has 1 N–H and O–H groups in total. The van der Waals surface area contributed by atoms with Gasteiger partial charge in [-0.2, -0.15) is 0 Å². The van der Waals surface area contributed by atoms with E-state index in [1.54, 1.807) is 6.92 Å². The van der Waals surface area contributed by atoms with Crippen molar-refractivity contribution in [1.82, 2.24) is 5.32 Å². The summed E-state index contributed by atoms with van der Waals surface area (Å²) >= 11 is 0. The number of sulfone groups is 1. The van der Waals surface area contributed by atoms with Crippen LogP contribution in [0.15, 0.2) is 18.2 Å². The van der Waals surface area contributed by atoms with E-state index in [9.17, 15) is 13.2 Å². The van der Waals surface area contributed by atoms with Crippen LogP contribution in [0.1, 0.15) is 62.3 Å². The zero-order valence-electron chi connectivity index (χ0n) is 14.4. The Morgan fingerprint density at radius 3 is 2.61 bits per heavy atom. The number of hydrogen-bond donors (Lipinski definition) is 1. The normalized spacial score (nSPS) is 19.3. The second-order valence-corrected chi connectivity index (χ2v) is 9.24. The summed E-state index contributed by atoms with van der Waals surface area (Å²) in [7, 11) is -3.15. The number of nitrogens with one attached hydrogen (secondary N) is 1. The van der Waals surface area contributed by atoms with Gasteiger partial charge in [0.15, 0.2) is 0 Å². The third-order valence-electron chi connectivity index (χ3n) is 4.47. The Kier molecular flexibility index (Phi) is 5.50. The van der Waals surface area contributed by atoms with E-state index in [-0.39, 0.29) is 17.7 Å². The zero-order chi connectivity index (χ0) is 17.2. The van der Waals surface area contributed by atoms with Crippen molar-refractivity contribution in [2.45, 2.75) is 52.0 Å². The minimum absolute atomic E-state index is 0.00744. The van der Waals surface area contributed by atoms with E-state index in [0.29, 0.717) is 5.92 Å². The molecule has 2 rings (SSSR count). The van der Waals surface area contributed by atoms with Gasteiger partial charge in [0.2, 0.25) is 5.91 Å². The lowest BCUT2D eigenvalue weighted by Gasteiger charge is -2.28. The molecule has 0 aromatic heterocycles. The highest BCUT2D eigenvalue weighted by molar-refractivity contribution is 7.90. The van der Waals surface area contributed by atoms with Crippen LogP contribution in [-0.2, 0) is 21.1 Å². The van der Waals surface area contributed by atoms with E-state index in [1.165, 1.54) is 22.9 Å². The van der Waals surface area contributed by atoms with Gasteiger partial charge in [-0.1, -0.05) is 39.0 Å². The fourth-order valence-electron chi connectivity index (χ4n) is 3.17. The number of carbonyl (C=O) groups excluding carboxylic acids is 1. The van der Waals surface area contributed by atoms with Gasteiger partial charge in [-0.25, -0.2) is 8.42 Å². The summed E-state index contributed by atoms with van der Waals surface area (Å²) in [5, 5.41) is 3.06. The number of carbonyl (C=O) groups is 1. The topological polar surface area (TPSA) is 63.2 Å². The van der Waals surface area contributed by atoms with E-state index in [1.807, 2.05) is 0 Å². The number of benzene rings is 1. The summed E-state index contributed by atoms with van der Waals surface area (Å²) in [6, 6.07) is 6.53. The third kappa shape index (κ3) is 4.80. The van der Waals surface area contributed by atoms with E-state index >= 15 is 0 Å². The lowest BCUT2D eigenvalue weighted by atomic mass is 9.85. The first-order chi connectivity index (χ1) is 10.7. The molecular formula is C18H27NO3S. The molecule has 0 bridgehead atoms. The molecule has 0 saturated heterocycles. The second kappa shape index (κ2) is 7.04. The third-order valence-corrected chi connectivity index (χ3v) is 5.57. The molecule has 1 aromatic carbocycles. The summed E-state index contributed by atoms with van der Waals surface area (Å²) in [4.78, 5) is 12.3. The molecule has 23 heavy (non-hydrogen) atoms. The van der Waals surface area contributed by atoms with Crippen LogP contribution in [0, 0.1) is 5.92 Å². The van der Waals surface area contributed by atoms with E-state index in [4.69, 9.17) is 0 Å². The Labute approximate surface area is 139 Å². The summed E-state index contributed by atoms with van der Waals surface area (Å²) in [6.07, 6.45) is 4.16. The summed E-state index contributed by atoms with van der Waals surface area (Å²) in [5.74, 6) is -0.362. The Balaban J connectivity index is 2.16. The van der Waals surface area contributed by atoms with Crippen molar-refractivity contribution < 1.29 is 13.2 Å². The SMILES string of the molecule is CC(CS(C)(=O)=O)C(=O)N[C@@H]1CCCc2ccc(C(C)C)cc21. The lowest BCUT2D eigenvalue weighted by molar-refractivity contribution is -0.124. The Bertz CT molecular complexity index is 680. The van der Waals surface area contributed by atoms with Gasteiger partial charge >= 0.3 is 0 Å². The highest BCUT2D eigenvalue weighted by Gasteiger charge is 2.25. The number of fused-ring (bicyclic) bond motifs is 1. The predicted octanol–water partition coefficient (Wildman–Crippen LogP) is 2.98. The van der Waals surface area contributed by atoms with Gasteiger partial charge in [-0.05, 0) is 41.9 Å². The molecule has 0 fully saturated rings. The Morgan fingerprint density at radius 1 is 1.30 bits per heavy atom. The summed E-state index contributed by atoms with van der Waals surface area (Å²) in [5.41, 5.74) is 3.76. The molecule has 2 atom stereocenters. The molecule has 4 nitrogen and oxygen atoms in total. The Morgan fingerprint density at radius 2 is 2.00 bits per heavy atom. The first-order valence-electron chi connectivity index (χ1n) is 8.28. The van der Waals surface area contributed by atoms with Crippen molar-refractivity contribution in [3.05, 3.63) is 34.9 Å². The molecule has 0 heterocycles. The van der Waals surface area contributed by atoms with Gasteiger partial charge < -0.3 is 5.32 Å². The molecule has 1 amide bonds. The molecule has 1 aromatic rings. The first kappa shape index (κ1) is 18.0. The first-order valence-corrected chi connectivity index (χ1v) is 10.3. The molecule has 0 aliphatic heterocycles. The number of rotatable bonds is 5. The maximum absolute atomic E-state index is 12.3. The summed E-state index contributed by atoms with van der Waals surface area (Å²) in [6.45, 7) is 5.99. The fourth-order valence-corrected chi connectivity index (χ4v) is 4.23. The molecule has 0 saturated carbocycles. The standard InChI is InChI=1S/C18H27NO3S/c1-12(2)15-9-8-14-6-5-7-17(16(14)10-15)19-18(20)13(3)11-23(4,21)22/h8-10,12-13,17H,5-7,11H2,1-4H3,(H,19,20)/t13?,17-/m1/s1. The van der Waals surface area contributed by atoms with Gasteiger partial charge in [0.1, 0.15) is 9.84 Å². The van der Waals surface area contributed by atoms with Gasteiger partial charge in [-0.3, -0.25) is 4.79 Å². The zero-order valence-corrected chi connectivity index (χ0v) is 15.2. The molecule has 0 spiro atoms. The highest BCUT2D eigenvalue weighted by Crippen LogP contribution is 2.32. The molecule has 5 heteroatoms. The summed E-state index contributed by atoms with van der Waals surface area (Å²) < 4.78 is 22.8. The average molecular weight is 337 g/mol. The molecular weight excluding hydrogens is 310 g/mol. The smallest absolute Gasteiger partial charge is 0.224 e. The predicted molar refractivity (Wildman–Crippen MR) is 93.2 cm³/mol. The van der Waals surface area contributed by atoms with Crippen LogP contribution >= 0.6 is 0 Å². The quantitative estimate of drug-likeness (QED) is 0.898. The van der Waals surface area contributed by atoms with E-state index in [0.717, 1.165) is 19.3 Å². The molecule has 1 aliphatic carbocycles.